The molecule has 1 N–H and O–H groups in total. The van der Waals surface area contributed by atoms with Gasteiger partial charge in [0.2, 0.25) is 5.91 Å². The second kappa shape index (κ2) is 8.24. The molecule has 0 fully saturated rings. The lowest BCUT2D eigenvalue weighted by Crippen LogP contribution is -2.31. The van der Waals surface area contributed by atoms with E-state index in [0.717, 1.165) is 26.4 Å². The maximum atomic E-state index is 13.4. The van der Waals surface area contributed by atoms with E-state index >= 15 is 0 Å². The molecular formula is C24H23N3O2S. The Labute approximate surface area is 179 Å². The molecule has 0 atom stereocenters. The Morgan fingerprint density at radius 2 is 1.83 bits per heavy atom. The molecule has 0 radical (unpaired) electrons. The highest BCUT2D eigenvalue weighted by atomic mass is 32.1. The van der Waals surface area contributed by atoms with Gasteiger partial charge in [-0.15, -0.1) is 11.3 Å². The number of nitrogens with one attached hydrogen (secondary N) is 1. The molecular weight excluding hydrogens is 394 g/mol. The van der Waals surface area contributed by atoms with Crippen molar-refractivity contribution in [3.8, 4) is 0 Å². The van der Waals surface area contributed by atoms with Gasteiger partial charge in [0.05, 0.1) is 5.39 Å². The first-order chi connectivity index (χ1) is 14.4. The fourth-order valence-electron chi connectivity index (χ4n) is 3.51. The number of thiophene rings is 1. The molecule has 0 aliphatic rings. The van der Waals surface area contributed by atoms with Crippen LogP contribution in [0.5, 0.6) is 0 Å². The van der Waals surface area contributed by atoms with Gasteiger partial charge in [0.15, 0.2) is 0 Å². The van der Waals surface area contributed by atoms with E-state index < -0.39 is 0 Å². The van der Waals surface area contributed by atoms with E-state index in [2.05, 4.69) is 5.32 Å². The van der Waals surface area contributed by atoms with Crippen molar-refractivity contribution in [3.63, 3.8) is 0 Å². The molecule has 4 rings (SSSR count). The molecule has 0 saturated carbocycles. The maximum absolute atomic E-state index is 13.4. The third-order valence-corrected chi connectivity index (χ3v) is 6.28. The molecule has 0 spiro atoms. The Balaban J connectivity index is 1.74. The normalized spacial score (nSPS) is 11.0. The molecule has 0 saturated heterocycles. The number of anilines is 1. The highest BCUT2D eigenvalue weighted by Crippen LogP contribution is 2.26. The minimum atomic E-state index is -0.247. The standard InChI is InChI=1S/C24H23N3O2S/c1-15-8-7-11-19(12-15)25-21(28)14-27-20(13-18-9-5-4-6-10-18)26-23-22(24(27)29)16(2)17(3)30-23/h4-12H,13-14H2,1-3H3,(H,25,28). The Hall–Kier alpha value is -3.25. The Kier molecular flexibility index (Phi) is 5.50. The van der Waals surface area contributed by atoms with Gasteiger partial charge in [0.25, 0.3) is 5.56 Å². The zero-order valence-corrected chi connectivity index (χ0v) is 18.0. The van der Waals surface area contributed by atoms with Crippen LogP contribution < -0.4 is 10.9 Å². The number of rotatable bonds is 5. The Morgan fingerprint density at radius 1 is 1.07 bits per heavy atom. The van der Waals surface area contributed by atoms with Crippen LogP contribution in [-0.2, 0) is 17.8 Å². The fourth-order valence-corrected chi connectivity index (χ4v) is 4.55. The maximum Gasteiger partial charge on any atom is 0.263 e. The number of carbonyl (C=O) groups is 1. The van der Waals surface area contributed by atoms with Crippen LogP contribution in [0.4, 0.5) is 5.69 Å². The Morgan fingerprint density at radius 3 is 2.57 bits per heavy atom. The molecule has 4 aromatic rings. The average Bonchev–Trinajstić information content (AvgIpc) is 2.99. The van der Waals surface area contributed by atoms with E-state index in [1.807, 2.05) is 75.4 Å². The largest absolute Gasteiger partial charge is 0.325 e. The number of carbonyl (C=O) groups excluding carboxylic acids is 1. The quantitative estimate of drug-likeness (QED) is 0.516. The van der Waals surface area contributed by atoms with E-state index in [9.17, 15) is 9.59 Å². The van der Waals surface area contributed by atoms with Crippen molar-refractivity contribution >= 4 is 33.1 Å². The van der Waals surface area contributed by atoms with E-state index in [0.29, 0.717) is 23.3 Å². The zero-order valence-electron chi connectivity index (χ0n) is 17.2. The van der Waals surface area contributed by atoms with Gasteiger partial charge in [-0.1, -0.05) is 42.5 Å². The molecule has 2 aromatic carbocycles. The van der Waals surface area contributed by atoms with Crippen LogP contribution in [0, 0.1) is 20.8 Å². The van der Waals surface area contributed by atoms with E-state index in [1.165, 1.54) is 15.9 Å². The number of amides is 1. The van der Waals surface area contributed by atoms with E-state index in [4.69, 9.17) is 4.98 Å². The van der Waals surface area contributed by atoms with Crippen LogP contribution in [-0.4, -0.2) is 15.5 Å². The molecule has 2 aromatic heterocycles. The van der Waals surface area contributed by atoms with Gasteiger partial charge in [0.1, 0.15) is 17.2 Å². The summed E-state index contributed by atoms with van der Waals surface area (Å²) in [5.74, 6) is 0.349. The van der Waals surface area contributed by atoms with Crippen molar-refractivity contribution in [2.75, 3.05) is 5.32 Å². The number of nitrogens with zero attached hydrogens (tertiary/aromatic N) is 2. The van der Waals surface area contributed by atoms with Crippen molar-refractivity contribution in [2.24, 2.45) is 0 Å². The first-order valence-electron chi connectivity index (χ1n) is 9.82. The predicted molar refractivity (Wildman–Crippen MR) is 122 cm³/mol. The highest BCUT2D eigenvalue weighted by Gasteiger charge is 2.18. The lowest BCUT2D eigenvalue weighted by molar-refractivity contribution is -0.116. The summed E-state index contributed by atoms with van der Waals surface area (Å²) < 4.78 is 1.51. The minimum absolute atomic E-state index is 0.0772. The molecule has 5 nitrogen and oxygen atoms in total. The van der Waals surface area contributed by atoms with Crippen LogP contribution in [0.15, 0.2) is 59.4 Å². The van der Waals surface area contributed by atoms with Crippen LogP contribution >= 0.6 is 11.3 Å². The fraction of sp³-hybridized carbons (Fsp3) is 0.208. The van der Waals surface area contributed by atoms with Gasteiger partial charge in [0, 0.05) is 17.0 Å². The van der Waals surface area contributed by atoms with Crippen LogP contribution in [0.1, 0.15) is 27.4 Å². The second-order valence-corrected chi connectivity index (χ2v) is 8.67. The summed E-state index contributed by atoms with van der Waals surface area (Å²) in [6, 6.07) is 17.5. The topological polar surface area (TPSA) is 64.0 Å². The second-order valence-electron chi connectivity index (χ2n) is 7.46. The van der Waals surface area contributed by atoms with E-state index in [-0.39, 0.29) is 18.0 Å². The predicted octanol–water partition coefficient (Wildman–Crippen LogP) is 4.61. The number of aromatic nitrogens is 2. The van der Waals surface area contributed by atoms with Crippen molar-refractivity contribution in [3.05, 3.63) is 92.3 Å². The van der Waals surface area contributed by atoms with Crippen LogP contribution in [0.2, 0.25) is 0 Å². The average molecular weight is 418 g/mol. The SMILES string of the molecule is Cc1cccc(NC(=O)Cn2c(Cc3ccccc3)nc3sc(C)c(C)c3c2=O)c1. The number of benzene rings is 2. The summed E-state index contributed by atoms with van der Waals surface area (Å²) in [5, 5.41) is 3.50. The molecule has 0 aliphatic carbocycles. The van der Waals surface area contributed by atoms with Gasteiger partial charge in [-0.05, 0) is 49.6 Å². The summed E-state index contributed by atoms with van der Waals surface area (Å²) >= 11 is 1.52. The summed E-state index contributed by atoms with van der Waals surface area (Å²) in [7, 11) is 0. The third kappa shape index (κ3) is 4.04. The number of hydrogen-bond donors (Lipinski definition) is 1. The number of hydrogen-bond acceptors (Lipinski definition) is 4. The molecule has 2 heterocycles. The molecule has 0 bridgehead atoms. The zero-order chi connectivity index (χ0) is 21.3. The van der Waals surface area contributed by atoms with Crippen LogP contribution in [0.25, 0.3) is 10.2 Å². The lowest BCUT2D eigenvalue weighted by atomic mass is 10.1. The van der Waals surface area contributed by atoms with Crippen molar-refractivity contribution in [1.82, 2.24) is 9.55 Å². The minimum Gasteiger partial charge on any atom is -0.325 e. The van der Waals surface area contributed by atoms with Crippen molar-refractivity contribution < 1.29 is 4.79 Å². The highest BCUT2D eigenvalue weighted by molar-refractivity contribution is 7.18. The van der Waals surface area contributed by atoms with Crippen molar-refractivity contribution in [2.45, 2.75) is 33.7 Å². The van der Waals surface area contributed by atoms with Gasteiger partial charge >= 0.3 is 0 Å². The number of aryl methyl sites for hydroxylation is 3. The molecule has 6 heteroatoms. The summed E-state index contributed by atoms with van der Waals surface area (Å²) in [4.78, 5) is 32.7. The lowest BCUT2D eigenvalue weighted by Gasteiger charge is -2.13. The molecule has 0 aliphatic heterocycles. The number of fused-ring (bicyclic) bond motifs is 1. The molecule has 152 valence electrons. The van der Waals surface area contributed by atoms with Crippen LogP contribution in [0.3, 0.4) is 0 Å². The molecule has 0 unspecified atom stereocenters. The van der Waals surface area contributed by atoms with Crippen molar-refractivity contribution in [1.29, 1.82) is 0 Å². The van der Waals surface area contributed by atoms with Gasteiger partial charge in [-0.2, -0.15) is 0 Å². The first-order valence-corrected chi connectivity index (χ1v) is 10.6. The van der Waals surface area contributed by atoms with Gasteiger partial charge < -0.3 is 5.32 Å². The van der Waals surface area contributed by atoms with E-state index in [1.54, 1.807) is 0 Å². The smallest absolute Gasteiger partial charge is 0.263 e. The summed E-state index contributed by atoms with van der Waals surface area (Å²) in [6.07, 6.45) is 0.486. The first kappa shape index (κ1) is 20.0. The third-order valence-electron chi connectivity index (χ3n) is 5.18. The molecule has 1 amide bonds. The van der Waals surface area contributed by atoms with Gasteiger partial charge in [-0.25, -0.2) is 4.98 Å². The van der Waals surface area contributed by atoms with Gasteiger partial charge in [-0.3, -0.25) is 14.2 Å². The summed E-state index contributed by atoms with van der Waals surface area (Å²) in [5.41, 5.74) is 3.59. The Bertz CT molecular complexity index is 1290. The summed E-state index contributed by atoms with van der Waals surface area (Å²) in [6.45, 7) is 5.82. The monoisotopic (exact) mass is 417 g/mol. The molecule has 30 heavy (non-hydrogen) atoms.